The molecule has 0 aromatic heterocycles. The monoisotopic (exact) mass is 260 g/mol. The molecule has 0 aromatic carbocycles. The summed E-state index contributed by atoms with van der Waals surface area (Å²) >= 11 is 0. The molecular formula is C14H28O4. The van der Waals surface area contributed by atoms with E-state index in [9.17, 15) is 9.59 Å². The van der Waals surface area contributed by atoms with Gasteiger partial charge in [-0.2, -0.15) is 0 Å². The zero-order valence-corrected chi connectivity index (χ0v) is 11.9. The molecule has 0 radical (unpaired) electrons. The minimum absolute atomic E-state index is 0.162. The van der Waals surface area contributed by atoms with E-state index in [1.54, 1.807) is 6.92 Å². The fourth-order valence-electron chi connectivity index (χ4n) is 1.34. The Morgan fingerprint density at radius 3 is 1.89 bits per heavy atom. The van der Waals surface area contributed by atoms with Gasteiger partial charge >= 0.3 is 11.9 Å². The molecular weight excluding hydrogens is 232 g/mol. The minimum atomic E-state index is -0.677. The van der Waals surface area contributed by atoms with E-state index in [2.05, 4.69) is 13.8 Å². The summed E-state index contributed by atoms with van der Waals surface area (Å²) < 4.78 is 0. The van der Waals surface area contributed by atoms with E-state index in [0.29, 0.717) is 6.42 Å². The van der Waals surface area contributed by atoms with Crippen molar-refractivity contribution in [1.29, 1.82) is 0 Å². The first-order valence-corrected chi connectivity index (χ1v) is 6.90. The number of unbranched alkanes of at least 4 members (excludes halogenated alkanes) is 4. The predicted octanol–water partition coefficient (Wildman–Crippen LogP) is 3.94. The molecule has 18 heavy (non-hydrogen) atoms. The highest BCUT2D eigenvalue weighted by molar-refractivity contribution is 5.69. The van der Waals surface area contributed by atoms with Gasteiger partial charge < -0.3 is 10.2 Å². The lowest BCUT2D eigenvalue weighted by Gasteiger charge is -2.02. The average Bonchev–Trinajstić information content (AvgIpc) is 2.32. The Bertz CT molecular complexity index is 214. The van der Waals surface area contributed by atoms with Crippen LogP contribution in [0.25, 0.3) is 0 Å². The van der Waals surface area contributed by atoms with Crippen LogP contribution in [0.2, 0.25) is 0 Å². The van der Waals surface area contributed by atoms with Gasteiger partial charge in [0.2, 0.25) is 0 Å². The highest BCUT2D eigenvalue weighted by atomic mass is 16.4. The number of carbonyl (C=O) groups is 2. The molecule has 4 heteroatoms. The van der Waals surface area contributed by atoms with Gasteiger partial charge in [0.1, 0.15) is 0 Å². The number of carboxylic acid groups (broad SMARTS) is 2. The largest absolute Gasteiger partial charge is 0.481 e. The number of carboxylic acids is 2. The molecule has 0 saturated carbocycles. The van der Waals surface area contributed by atoms with E-state index in [1.165, 1.54) is 6.42 Å². The molecule has 0 bridgehead atoms. The Balaban J connectivity index is 0. The summed E-state index contributed by atoms with van der Waals surface area (Å²) in [4.78, 5) is 20.2. The molecule has 0 aliphatic rings. The van der Waals surface area contributed by atoms with E-state index in [0.717, 1.165) is 38.5 Å². The van der Waals surface area contributed by atoms with Crippen LogP contribution in [0.4, 0.5) is 0 Å². The summed E-state index contributed by atoms with van der Waals surface area (Å²) in [6.07, 6.45) is 7.47. The molecule has 0 spiro atoms. The summed E-state index contributed by atoms with van der Waals surface area (Å²) in [5.74, 6) is -1.51. The molecule has 1 unspecified atom stereocenters. The van der Waals surface area contributed by atoms with Crippen molar-refractivity contribution in [3.8, 4) is 0 Å². The SMILES string of the molecule is CCCCC(C)C(=O)O.CCCCCCC(=O)O. The summed E-state index contributed by atoms with van der Waals surface area (Å²) in [6.45, 7) is 5.92. The van der Waals surface area contributed by atoms with Crippen LogP contribution in [0.15, 0.2) is 0 Å². The third kappa shape index (κ3) is 17.3. The highest BCUT2D eigenvalue weighted by Gasteiger charge is 2.08. The van der Waals surface area contributed by atoms with E-state index >= 15 is 0 Å². The standard InChI is InChI=1S/2C7H14O2/c1-3-4-5-6(2)7(8)9;1-2-3-4-5-6-7(8)9/h6H,3-5H2,1-2H3,(H,8,9);2-6H2,1H3,(H,8,9). The summed E-state index contributed by atoms with van der Waals surface area (Å²) in [5.41, 5.74) is 0. The molecule has 0 aromatic rings. The second-order valence-electron chi connectivity index (χ2n) is 4.59. The van der Waals surface area contributed by atoms with Crippen LogP contribution in [-0.2, 0) is 9.59 Å². The van der Waals surface area contributed by atoms with Crippen molar-refractivity contribution in [3.63, 3.8) is 0 Å². The van der Waals surface area contributed by atoms with Crippen LogP contribution in [0.5, 0.6) is 0 Å². The number of hydrogen-bond acceptors (Lipinski definition) is 2. The molecule has 0 aliphatic carbocycles. The van der Waals surface area contributed by atoms with Gasteiger partial charge in [-0.15, -0.1) is 0 Å². The second-order valence-corrected chi connectivity index (χ2v) is 4.59. The first-order valence-electron chi connectivity index (χ1n) is 6.90. The Hall–Kier alpha value is -1.06. The lowest BCUT2D eigenvalue weighted by Crippen LogP contribution is -2.08. The van der Waals surface area contributed by atoms with E-state index in [1.807, 2.05) is 0 Å². The molecule has 4 nitrogen and oxygen atoms in total. The van der Waals surface area contributed by atoms with Crippen molar-refractivity contribution in [2.45, 2.75) is 72.1 Å². The van der Waals surface area contributed by atoms with Gasteiger partial charge in [0.15, 0.2) is 0 Å². The molecule has 108 valence electrons. The Kier molecular flexibility index (Phi) is 15.0. The summed E-state index contributed by atoms with van der Waals surface area (Å²) in [6, 6.07) is 0. The average molecular weight is 260 g/mol. The van der Waals surface area contributed by atoms with E-state index in [4.69, 9.17) is 10.2 Å². The van der Waals surface area contributed by atoms with Crippen LogP contribution in [0.3, 0.4) is 0 Å². The van der Waals surface area contributed by atoms with Crippen LogP contribution in [0, 0.1) is 5.92 Å². The summed E-state index contributed by atoms with van der Waals surface area (Å²) in [5, 5.41) is 16.6. The maximum absolute atomic E-state index is 10.2. The Morgan fingerprint density at radius 2 is 1.50 bits per heavy atom. The number of rotatable bonds is 9. The quantitative estimate of drug-likeness (QED) is 0.616. The van der Waals surface area contributed by atoms with Crippen molar-refractivity contribution in [3.05, 3.63) is 0 Å². The Morgan fingerprint density at radius 1 is 0.944 bits per heavy atom. The molecule has 0 fully saturated rings. The molecule has 1 atom stereocenters. The molecule has 0 heterocycles. The maximum Gasteiger partial charge on any atom is 0.306 e. The second kappa shape index (κ2) is 14.0. The smallest absolute Gasteiger partial charge is 0.306 e. The molecule has 2 N–H and O–H groups in total. The Labute approximate surface area is 110 Å². The topological polar surface area (TPSA) is 74.6 Å². The van der Waals surface area contributed by atoms with E-state index < -0.39 is 11.9 Å². The van der Waals surface area contributed by atoms with Crippen molar-refractivity contribution in [2.24, 2.45) is 5.92 Å². The van der Waals surface area contributed by atoms with Crippen LogP contribution in [-0.4, -0.2) is 22.2 Å². The molecule has 0 saturated heterocycles. The van der Waals surface area contributed by atoms with Gasteiger partial charge in [-0.1, -0.05) is 52.9 Å². The third-order valence-electron chi connectivity index (χ3n) is 2.66. The van der Waals surface area contributed by atoms with Crippen molar-refractivity contribution >= 4 is 11.9 Å². The predicted molar refractivity (Wildman–Crippen MR) is 72.7 cm³/mol. The van der Waals surface area contributed by atoms with Crippen LogP contribution >= 0.6 is 0 Å². The first kappa shape index (κ1) is 19.3. The van der Waals surface area contributed by atoms with E-state index in [-0.39, 0.29) is 5.92 Å². The number of hydrogen-bond donors (Lipinski definition) is 2. The maximum atomic E-state index is 10.2. The molecule has 0 amide bonds. The zero-order valence-electron chi connectivity index (χ0n) is 11.9. The van der Waals surface area contributed by atoms with Gasteiger partial charge in [-0.3, -0.25) is 9.59 Å². The van der Waals surface area contributed by atoms with Gasteiger partial charge in [0.05, 0.1) is 5.92 Å². The zero-order chi connectivity index (χ0) is 14.4. The van der Waals surface area contributed by atoms with Crippen molar-refractivity contribution in [1.82, 2.24) is 0 Å². The van der Waals surface area contributed by atoms with Crippen molar-refractivity contribution in [2.75, 3.05) is 0 Å². The molecule has 0 aliphatic heterocycles. The van der Waals surface area contributed by atoms with Gasteiger partial charge in [-0.25, -0.2) is 0 Å². The van der Waals surface area contributed by atoms with Gasteiger partial charge in [0.25, 0.3) is 0 Å². The first-order chi connectivity index (χ1) is 8.45. The fraction of sp³-hybridized carbons (Fsp3) is 0.857. The van der Waals surface area contributed by atoms with Crippen LogP contribution < -0.4 is 0 Å². The van der Waals surface area contributed by atoms with Gasteiger partial charge in [-0.05, 0) is 12.8 Å². The van der Waals surface area contributed by atoms with Gasteiger partial charge in [0, 0.05) is 6.42 Å². The lowest BCUT2D eigenvalue weighted by atomic mass is 10.1. The van der Waals surface area contributed by atoms with Crippen LogP contribution in [0.1, 0.15) is 72.1 Å². The summed E-state index contributed by atoms with van der Waals surface area (Å²) in [7, 11) is 0. The lowest BCUT2D eigenvalue weighted by molar-refractivity contribution is -0.141. The normalized spacial score (nSPS) is 11.3. The third-order valence-corrected chi connectivity index (χ3v) is 2.66. The molecule has 0 rings (SSSR count). The van der Waals surface area contributed by atoms with Crippen molar-refractivity contribution < 1.29 is 19.8 Å². The minimum Gasteiger partial charge on any atom is -0.481 e. The highest BCUT2D eigenvalue weighted by Crippen LogP contribution is 2.06. The number of aliphatic carboxylic acids is 2. The fourth-order valence-corrected chi connectivity index (χ4v) is 1.34.